The van der Waals surface area contributed by atoms with Crippen LogP contribution in [0.15, 0.2) is 36.5 Å². The summed E-state index contributed by atoms with van der Waals surface area (Å²) in [6.07, 6.45) is 61.5. The molecule has 0 saturated heterocycles. The van der Waals surface area contributed by atoms with Gasteiger partial charge in [0.1, 0.15) is 0 Å². The Morgan fingerprint density at radius 2 is 0.770 bits per heavy atom. The van der Waals surface area contributed by atoms with Crippen molar-refractivity contribution in [3.05, 3.63) is 36.5 Å². The van der Waals surface area contributed by atoms with E-state index in [1.165, 1.54) is 173 Å². The van der Waals surface area contributed by atoms with Crippen molar-refractivity contribution < 1.29 is 24.5 Å². The van der Waals surface area contributed by atoms with Gasteiger partial charge in [0.15, 0.2) is 0 Å². The summed E-state index contributed by atoms with van der Waals surface area (Å²) in [5.41, 5.74) is 0. The smallest absolute Gasteiger partial charge is 0.305 e. The number of carbonyl (C=O) groups excluding carboxylic acids is 2. The molecule has 358 valence electrons. The molecule has 61 heavy (non-hydrogen) atoms. The van der Waals surface area contributed by atoms with Crippen LogP contribution >= 0.6 is 0 Å². The van der Waals surface area contributed by atoms with Crippen LogP contribution in [0.25, 0.3) is 0 Å². The van der Waals surface area contributed by atoms with Crippen molar-refractivity contribution in [2.45, 2.75) is 289 Å². The van der Waals surface area contributed by atoms with E-state index in [4.69, 9.17) is 4.74 Å². The molecule has 0 aliphatic rings. The third-order valence-corrected chi connectivity index (χ3v) is 12.1. The minimum Gasteiger partial charge on any atom is -0.466 e. The van der Waals surface area contributed by atoms with Gasteiger partial charge in [-0.25, -0.2) is 0 Å². The summed E-state index contributed by atoms with van der Waals surface area (Å²) in [7, 11) is 0. The average molecular weight is 858 g/mol. The monoisotopic (exact) mass is 858 g/mol. The molecule has 0 fully saturated rings. The number of aliphatic hydroxyl groups excluding tert-OH is 2. The molecule has 0 aromatic rings. The van der Waals surface area contributed by atoms with Crippen LogP contribution in [0.1, 0.15) is 277 Å². The fourth-order valence-corrected chi connectivity index (χ4v) is 7.97. The highest BCUT2D eigenvalue weighted by molar-refractivity contribution is 5.76. The Kier molecular flexibility index (Phi) is 49.1. The highest BCUT2D eigenvalue weighted by Crippen LogP contribution is 2.16. The Morgan fingerprint density at radius 3 is 1.16 bits per heavy atom. The predicted octanol–water partition coefficient (Wildman–Crippen LogP) is 16.1. The molecule has 2 atom stereocenters. The number of ether oxygens (including phenoxy) is 1. The van der Waals surface area contributed by atoms with Crippen molar-refractivity contribution in [3.63, 3.8) is 0 Å². The minimum absolute atomic E-state index is 0.0465. The van der Waals surface area contributed by atoms with Crippen LogP contribution in [0.3, 0.4) is 0 Å². The molecule has 0 rings (SSSR count). The Morgan fingerprint density at radius 1 is 0.443 bits per heavy atom. The largest absolute Gasteiger partial charge is 0.466 e. The Balaban J connectivity index is 3.57. The van der Waals surface area contributed by atoms with Crippen molar-refractivity contribution in [2.75, 3.05) is 13.2 Å². The molecule has 0 saturated carbocycles. The third kappa shape index (κ3) is 47.4. The molecule has 1 amide bonds. The summed E-state index contributed by atoms with van der Waals surface area (Å²) in [6.45, 7) is 4.81. The van der Waals surface area contributed by atoms with Gasteiger partial charge < -0.3 is 20.3 Å². The maximum atomic E-state index is 12.4. The van der Waals surface area contributed by atoms with E-state index in [9.17, 15) is 19.8 Å². The van der Waals surface area contributed by atoms with Crippen LogP contribution in [-0.2, 0) is 14.3 Å². The van der Waals surface area contributed by atoms with Gasteiger partial charge >= 0.3 is 5.97 Å². The number of unbranched alkanes of at least 4 members (excludes halogenated alkanes) is 34. The van der Waals surface area contributed by atoms with Gasteiger partial charge in [-0.05, 0) is 83.5 Å². The van der Waals surface area contributed by atoms with Crippen molar-refractivity contribution in [1.82, 2.24) is 5.32 Å². The molecule has 0 aromatic carbocycles. The van der Waals surface area contributed by atoms with Gasteiger partial charge in [0.2, 0.25) is 5.91 Å². The topological polar surface area (TPSA) is 95.9 Å². The highest BCUT2D eigenvalue weighted by atomic mass is 16.5. The van der Waals surface area contributed by atoms with E-state index in [-0.39, 0.29) is 18.5 Å². The lowest BCUT2D eigenvalue weighted by molar-refractivity contribution is -0.143. The molecule has 0 aliphatic carbocycles. The number of esters is 1. The second kappa shape index (κ2) is 50.7. The summed E-state index contributed by atoms with van der Waals surface area (Å²) >= 11 is 0. The molecular weight excluding hydrogens is 755 g/mol. The average Bonchev–Trinajstić information content (AvgIpc) is 3.26. The lowest BCUT2D eigenvalue weighted by Gasteiger charge is -2.20. The van der Waals surface area contributed by atoms with E-state index in [0.717, 1.165) is 77.0 Å². The molecular formula is C55H103NO5. The standard InChI is InChI=1S/C55H103NO5/c1-3-5-7-9-11-13-15-17-19-20-21-22-24-25-27-31-35-39-43-47-53(58)52(51-57)56-54(59)48-44-40-36-32-29-30-34-38-42-46-50-61-55(60)49-45-41-37-33-28-26-23-18-16-14-12-10-8-6-4-2/h18,23,30,34,43,47,52-53,57-58H,3-17,19-22,24-29,31-33,35-42,44-46,48-51H2,1-2H3,(H,56,59)/b23-18-,34-30-,47-43+. The van der Waals surface area contributed by atoms with Crippen LogP contribution in [0.2, 0.25) is 0 Å². The fourth-order valence-electron chi connectivity index (χ4n) is 7.97. The zero-order valence-electron chi connectivity index (χ0n) is 40.6. The molecule has 0 radical (unpaired) electrons. The predicted molar refractivity (Wildman–Crippen MR) is 264 cm³/mol. The SMILES string of the molecule is CCCCCCCC/C=C\CCCCCCCC(=O)OCCCC/C=C\CCCCCCC(=O)NC(CO)C(O)/C=C/CCCCCCCCCCCCCCCCCCC. The minimum atomic E-state index is -0.867. The molecule has 0 aliphatic heterocycles. The van der Waals surface area contributed by atoms with E-state index in [0.29, 0.717) is 19.4 Å². The van der Waals surface area contributed by atoms with E-state index in [1.807, 2.05) is 6.08 Å². The van der Waals surface area contributed by atoms with Gasteiger partial charge in [0.25, 0.3) is 0 Å². The summed E-state index contributed by atoms with van der Waals surface area (Å²) in [4.78, 5) is 24.5. The maximum absolute atomic E-state index is 12.4. The number of nitrogens with one attached hydrogen (secondary N) is 1. The van der Waals surface area contributed by atoms with E-state index < -0.39 is 12.1 Å². The number of hydrogen-bond acceptors (Lipinski definition) is 5. The maximum Gasteiger partial charge on any atom is 0.305 e. The molecule has 0 bridgehead atoms. The van der Waals surface area contributed by atoms with Gasteiger partial charge in [0.05, 0.1) is 25.4 Å². The fraction of sp³-hybridized carbons (Fsp3) is 0.855. The molecule has 3 N–H and O–H groups in total. The summed E-state index contributed by atoms with van der Waals surface area (Å²) in [5, 5.41) is 23.1. The first kappa shape index (κ1) is 59.1. The van der Waals surface area contributed by atoms with Crippen molar-refractivity contribution in [3.8, 4) is 0 Å². The molecule has 6 nitrogen and oxygen atoms in total. The molecule has 0 aromatic heterocycles. The highest BCUT2D eigenvalue weighted by Gasteiger charge is 2.18. The molecule has 0 heterocycles. The zero-order valence-corrected chi connectivity index (χ0v) is 40.6. The quantitative estimate of drug-likeness (QED) is 0.0322. The molecule has 0 spiro atoms. The van der Waals surface area contributed by atoms with Crippen molar-refractivity contribution in [1.29, 1.82) is 0 Å². The Labute approximate surface area is 379 Å². The van der Waals surface area contributed by atoms with E-state index >= 15 is 0 Å². The van der Waals surface area contributed by atoms with Gasteiger partial charge in [-0.2, -0.15) is 0 Å². The van der Waals surface area contributed by atoms with Crippen LogP contribution in [0.5, 0.6) is 0 Å². The van der Waals surface area contributed by atoms with Crippen molar-refractivity contribution in [2.24, 2.45) is 0 Å². The second-order valence-corrected chi connectivity index (χ2v) is 18.2. The first-order chi connectivity index (χ1) is 30.0. The van der Waals surface area contributed by atoms with Crippen LogP contribution in [0.4, 0.5) is 0 Å². The summed E-state index contributed by atoms with van der Waals surface area (Å²) in [5.74, 6) is -0.150. The lowest BCUT2D eigenvalue weighted by atomic mass is 10.0. The molecule has 6 heteroatoms. The third-order valence-electron chi connectivity index (χ3n) is 12.1. The first-order valence-corrected chi connectivity index (χ1v) is 26.8. The van der Waals surface area contributed by atoms with Crippen molar-refractivity contribution >= 4 is 11.9 Å². The van der Waals surface area contributed by atoms with Gasteiger partial charge in [0, 0.05) is 12.8 Å². The Bertz CT molecular complexity index is 993. The van der Waals surface area contributed by atoms with Crippen LogP contribution in [-0.4, -0.2) is 47.4 Å². The number of carbonyl (C=O) groups is 2. The van der Waals surface area contributed by atoms with Gasteiger partial charge in [-0.15, -0.1) is 0 Å². The van der Waals surface area contributed by atoms with Gasteiger partial charge in [-0.1, -0.05) is 217 Å². The second-order valence-electron chi connectivity index (χ2n) is 18.2. The number of allylic oxidation sites excluding steroid dienone is 5. The molecule has 2 unspecified atom stereocenters. The lowest BCUT2D eigenvalue weighted by Crippen LogP contribution is -2.45. The number of amides is 1. The van der Waals surface area contributed by atoms with Gasteiger partial charge in [-0.3, -0.25) is 9.59 Å². The zero-order chi connectivity index (χ0) is 44.4. The number of rotatable bonds is 49. The Hall–Kier alpha value is -1.92. The number of aliphatic hydroxyl groups is 2. The first-order valence-electron chi connectivity index (χ1n) is 26.8. The van der Waals surface area contributed by atoms with E-state index in [2.05, 4.69) is 43.5 Å². The summed E-state index contributed by atoms with van der Waals surface area (Å²) < 4.78 is 5.43. The summed E-state index contributed by atoms with van der Waals surface area (Å²) in [6, 6.07) is -0.654. The van der Waals surface area contributed by atoms with E-state index in [1.54, 1.807) is 6.08 Å². The van der Waals surface area contributed by atoms with Crippen LogP contribution in [0, 0.1) is 0 Å². The van der Waals surface area contributed by atoms with Crippen LogP contribution < -0.4 is 5.32 Å². The number of hydrogen-bond donors (Lipinski definition) is 3. The normalized spacial score (nSPS) is 12.9.